The van der Waals surface area contributed by atoms with Crippen molar-refractivity contribution in [2.45, 2.75) is 39.0 Å². The average molecular weight is 780 g/mol. The Balaban J connectivity index is 1.20. The summed E-state index contributed by atoms with van der Waals surface area (Å²) in [7, 11) is 0. The van der Waals surface area contributed by atoms with E-state index in [1.165, 1.54) is 42.4 Å². The monoisotopic (exact) mass is 777 g/mol. The summed E-state index contributed by atoms with van der Waals surface area (Å²) in [4.78, 5) is 15.0. The lowest BCUT2D eigenvalue weighted by Crippen LogP contribution is -2.00. The first kappa shape index (κ1) is 33.8. The molecule has 0 aliphatic carbocycles. The van der Waals surface area contributed by atoms with Crippen LogP contribution in [0.4, 0.5) is 0 Å². The van der Waals surface area contributed by atoms with Gasteiger partial charge in [0.1, 0.15) is 0 Å². The third-order valence-electron chi connectivity index (χ3n) is 9.03. The maximum atomic E-state index is 5.01. The van der Waals surface area contributed by atoms with Crippen molar-refractivity contribution in [1.29, 1.82) is 0 Å². The van der Waals surface area contributed by atoms with Gasteiger partial charge < -0.3 is 0 Å². The maximum absolute atomic E-state index is 5.01. The van der Waals surface area contributed by atoms with Gasteiger partial charge in [0.25, 0.3) is 0 Å². The van der Waals surface area contributed by atoms with E-state index in [0.717, 1.165) is 54.3 Å². The first-order chi connectivity index (χ1) is 24.5. The highest BCUT2D eigenvalue weighted by atomic mass is 79.9. The molecule has 0 spiro atoms. The van der Waals surface area contributed by atoms with Crippen molar-refractivity contribution < 1.29 is 0 Å². The summed E-state index contributed by atoms with van der Waals surface area (Å²) in [6.45, 7) is 2.26. The third kappa shape index (κ3) is 8.18. The fourth-order valence-corrected chi connectivity index (χ4v) is 6.63. The predicted molar refractivity (Wildman–Crippen MR) is 216 cm³/mol. The molecule has 0 fully saturated rings. The average Bonchev–Trinajstić information content (AvgIpc) is 3.17. The second-order valence-electron chi connectivity index (χ2n) is 12.6. The molecule has 5 heteroatoms. The molecule has 7 rings (SSSR count). The highest BCUT2D eigenvalue weighted by molar-refractivity contribution is 9.10. The van der Waals surface area contributed by atoms with E-state index in [1.807, 2.05) is 0 Å². The summed E-state index contributed by atoms with van der Waals surface area (Å²) in [6, 6.07) is 51.1. The van der Waals surface area contributed by atoms with Crippen molar-refractivity contribution in [1.82, 2.24) is 15.0 Å². The third-order valence-corrected chi connectivity index (χ3v) is 10.1. The molecule has 0 radical (unpaired) electrons. The van der Waals surface area contributed by atoms with Crippen LogP contribution in [0.25, 0.3) is 67.5 Å². The van der Waals surface area contributed by atoms with Crippen LogP contribution >= 0.6 is 31.9 Å². The molecule has 3 nitrogen and oxygen atoms in total. The van der Waals surface area contributed by atoms with Crippen molar-refractivity contribution in [3.8, 4) is 67.5 Å². The van der Waals surface area contributed by atoms with Crippen molar-refractivity contribution >= 4 is 31.9 Å². The Morgan fingerprint density at radius 2 is 0.620 bits per heavy atom. The summed E-state index contributed by atoms with van der Waals surface area (Å²) in [5.41, 5.74) is 11.2. The molecule has 0 bridgehead atoms. The Hall–Kier alpha value is -4.71. The minimum absolute atomic E-state index is 0.642. The van der Waals surface area contributed by atoms with E-state index in [4.69, 9.17) is 15.0 Å². The zero-order valence-electron chi connectivity index (χ0n) is 28.0. The first-order valence-electron chi connectivity index (χ1n) is 17.2. The van der Waals surface area contributed by atoms with Crippen LogP contribution in [-0.4, -0.2) is 15.0 Å². The van der Waals surface area contributed by atoms with Gasteiger partial charge in [-0.15, -0.1) is 0 Å². The largest absolute Gasteiger partial charge is 0.208 e. The molecule has 1 aromatic heterocycles. The molecule has 0 saturated heterocycles. The lowest BCUT2D eigenvalue weighted by molar-refractivity contribution is 0.667. The summed E-state index contributed by atoms with van der Waals surface area (Å²) in [6.07, 6.45) is 6.27. The molecule has 246 valence electrons. The van der Waals surface area contributed by atoms with Crippen molar-refractivity contribution in [3.05, 3.63) is 160 Å². The van der Waals surface area contributed by atoms with Gasteiger partial charge >= 0.3 is 0 Å². The van der Waals surface area contributed by atoms with Crippen molar-refractivity contribution in [3.63, 3.8) is 0 Å². The Bertz CT molecular complexity index is 2050. The van der Waals surface area contributed by atoms with E-state index in [9.17, 15) is 0 Å². The van der Waals surface area contributed by atoms with Gasteiger partial charge in [0.15, 0.2) is 17.5 Å². The lowest BCUT2D eigenvalue weighted by Gasteiger charge is -2.10. The normalized spacial score (nSPS) is 11.1. The number of rotatable bonds is 11. The quantitative estimate of drug-likeness (QED) is 0.123. The number of aromatic nitrogens is 3. The van der Waals surface area contributed by atoms with Crippen LogP contribution in [0.3, 0.4) is 0 Å². The summed E-state index contributed by atoms with van der Waals surface area (Å²) in [5, 5.41) is 0. The second-order valence-corrected chi connectivity index (χ2v) is 14.4. The number of halogens is 2. The molecule has 50 heavy (non-hydrogen) atoms. The van der Waals surface area contributed by atoms with E-state index in [1.54, 1.807) is 0 Å². The van der Waals surface area contributed by atoms with Gasteiger partial charge in [0.2, 0.25) is 0 Å². The minimum Gasteiger partial charge on any atom is -0.208 e. The SMILES string of the molecule is CCCCCCc1ccc(-c2ccc(-c3nc(-c4ccc(-c5ccc(Br)cc5)cc4)nc(-c4ccc(-c5ccc(Br)cc5)cc4)n3)cc2)cc1. The molecule has 0 N–H and O–H groups in total. The van der Waals surface area contributed by atoms with Crippen LogP contribution in [0.15, 0.2) is 155 Å². The number of hydrogen-bond acceptors (Lipinski definition) is 3. The first-order valence-corrected chi connectivity index (χ1v) is 18.8. The molecule has 6 aromatic carbocycles. The van der Waals surface area contributed by atoms with Gasteiger partial charge in [0.05, 0.1) is 0 Å². The zero-order chi connectivity index (χ0) is 34.3. The Kier molecular flexibility index (Phi) is 10.7. The van der Waals surface area contributed by atoms with Gasteiger partial charge in [-0.1, -0.05) is 179 Å². The Morgan fingerprint density at radius 1 is 0.340 bits per heavy atom. The fourth-order valence-electron chi connectivity index (χ4n) is 6.10. The topological polar surface area (TPSA) is 38.7 Å². The fraction of sp³-hybridized carbons (Fsp3) is 0.133. The number of nitrogens with zero attached hydrogens (tertiary/aromatic N) is 3. The van der Waals surface area contributed by atoms with Gasteiger partial charge in [-0.2, -0.15) is 0 Å². The van der Waals surface area contributed by atoms with Gasteiger partial charge in [-0.25, -0.2) is 15.0 Å². The lowest BCUT2D eigenvalue weighted by atomic mass is 10.00. The summed E-state index contributed by atoms with van der Waals surface area (Å²) < 4.78 is 2.12. The molecule has 0 amide bonds. The smallest absolute Gasteiger partial charge is 0.164 e. The molecular formula is C45H37Br2N3. The minimum atomic E-state index is 0.642. The standard InChI is InChI=1S/C45H37Br2N3/c1-2-3-4-5-6-31-7-9-32(10-8-31)33-11-17-38(18-12-33)43-48-44(39-19-13-34(14-20-39)36-23-27-41(46)28-24-36)50-45(49-43)40-21-15-35(16-22-40)37-25-29-42(47)30-26-37/h7-30H,2-6H2,1H3. The molecule has 0 unspecified atom stereocenters. The van der Waals surface area contributed by atoms with Crippen LogP contribution in [0.5, 0.6) is 0 Å². The van der Waals surface area contributed by atoms with Crippen molar-refractivity contribution in [2.75, 3.05) is 0 Å². The van der Waals surface area contributed by atoms with Crippen LogP contribution in [0, 0.1) is 0 Å². The highest BCUT2D eigenvalue weighted by Gasteiger charge is 2.14. The number of benzene rings is 6. The van der Waals surface area contributed by atoms with Gasteiger partial charge in [-0.3, -0.25) is 0 Å². The van der Waals surface area contributed by atoms with E-state index in [2.05, 4.69) is 184 Å². The summed E-state index contributed by atoms with van der Waals surface area (Å²) in [5.74, 6) is 1.93. The molecule has 7 aromatic rings. The van der Waals surface area contributed by atoms with Crippen molar-refractivity contribution in [2.24, 2.45) is 0 Å². The molecule has 0 aliphatic heterocycles. The Morgan fingerprint density at radius 3 is 0.940 bits per heavy atom. The zero-order valence-corrected chi connectivity index (χ0v) is 31.2. The van der Waals surface area contributed by atoms with Crippen LogP contribution < -0.4 is 0 Å². The van der Waals surface area contributed by atoms with Gasteiger partial charge in [0, 0.05) is 25.6 Å². The van der Waals surface area contributed by atoms with Crippen LogP contribution in [0.2, 0.25) is 0 Å². The van der Waals surface area contributed by atoms with Gasteiger partial charge in [-0.05, 0) is 76.1 Å². The molecule has 0 atom stereocenters. The predicted octanol–water partition coefficient (Wildman–Crippen LogP) is 13.5. The molecule has 0 saturated carbocycles. The molecule has 0 aliphatic rings. The van der Waals surface area contributed by atoms with E-state index < -0.39 is 0 Å². The number of hydrogen-bond donors (Lipinski definition) is 0. The second kappa shape index (κ2) is 15.9. The Labute approximate surface area is 311 Å². The number of aryl methyl sites for hydroxylation is 1. The molecule has 1 heterocycles. The van der Waals surface area contributed by atoms with E-state index in [0.29, 0.717) is 17.5 Å². The molecular weight excluding hydrogens is 742 g/mol. The van der Waals surface area contributed by atoms with Crippen LogP contribution in [0.1, 0.15) is 38.2 Å². The summed E-state index contributed by atoms with van der Waals surface area (Å²) >= 11 is 7.07. The van der Waals surface area contributed by atoms with Crippen LogP contribution in [-0.2, 0) is 6.42 Å². The number of unbranched alkanes of at least 4 members (excludes halogenated alkanes) is 3. The highest BCUT2D eigenvalue weighted by Crippen LogP contribution is 2.31. The van der Waals surface area contributed by atoms with E-state index >= 15 is 0 Å². The van der Waals surface area contributed by atoms with E-state index in [-0.39, 0.29) is 0 Å². The maximum Gasteiger partial charge on any atom is 0.164 e.